The predicted octanol–water partition coefficient (Wildman–Crippen LogP) is 2.80. The number of hydrogen-bond acceptors (Lipinski definition) is 4. The van der Waals surface area contributed by atoms with Crippen LogP contribution in [0.25, 0.3) is 5.65 Å². The van der Waals surface area contributed by atoms with E-state index in [0.717, 1.165) is 49.1 Å². The highest BCUT2D eigenvalue weighted by atomic mass is 16.5. The lowest BCUT2D eigenvalue weighted by molar-refractivity contribution is -0.152. The molecule has 112 valence electrons. The first kappa shape index (κ1) is 14.0. The Hall–Kier alpha value is -1.91. The van der Waals surface area contributed by atoms with E-state index in [9.17, 15) is 4.79 Å². The summed E-state index contributed by atoms with van der Waals surface area (Å²) in [6.45, 7) is 4.27. The first-order valence-corrected chi connectivity index (χ1v) is 7.66. The van der Waals surface area contributed by atoms with Crippen LogP contribution < -0.4 is 0 Å². The van der Waals surface area contributed by atoms with Gasteiger partial charge in [0.05, 0.1) is 6.61 Å². The molecule has 1 aliphatic rings. The Labute approximate surface area is 124 Å². The Morgan fingerprint density at radius 3 is 2.81 bits per heavy atom. The van der Waals surface area contributed by atoms with Gasteiger partial charge in [-0.15, -0.1) is 10.2 Å². The first-order chi connectivity index (χ1) is 10.2. The van der Waals surface area contributed by atoms with Gasteiger partial charge in [0.1, 0.15) is 5.41 Å². The monoisotopic (exact) mass is 287 g/mol. The fourth-order valence-electron chi connectivity index (χ4n) is 3.26. The summed E-state index contributed by atoms with van der Waals surface area (Å²) in [6.07, 6.45) is 6.76. The van der Waals surface area contributed by atoms with Gasteiger partial charge in [0.15, 0.2) is 11.5 Å². The Morgan fingerprint density at radius 1 is 1.33 bits per heavy atom. The summed E-state index contributed by atoms with van der Waals surface area (Å²) < 4.78 is 7.30. The van der Waals surface area contributed by atoms with Crippen LogP contribution >= 0.6 is 0 Å². The van der Waals surface area contributed by atoms with E-state index in [1.54, 1.807) is 0 Å². The molecular formula is C16H21N3O2. The third-order valence-electron chi connectivity index (χ3n) is 4.37. The van der Waals surface area contributed by atoms with Crippen molar-refractivity contribution in [3.63, 3.8) is 0 Å². The molecule has 21 heavy (non-hydrogen) atoms. The lowest BCUT2D eigenvalue weighted by atomic mass is 9.73. The zero-order valence-corrected chi connectivity index (χ0v) is 12.6. The van der Waals surface area contributed by atoms with Crippen LogP contribution in [0.3, 0.4) is 0 Å². The van der Waals surface area contributed by atoms with Crippen molar-refractivity contribution in [3.05, 3.63) is 29.7 Å². The van der Waals surface area contributed by atoms with Crippen molar-refractivity contribution in [1.82, 2.24) is 14.6 Å². The molecule has 1 aliphatic carbocycles. The second-order valence-corrected chi connectivity index (χ2v) is 5.82. The van der Waals surface area contributed by atoms with E-state index in [4.69, 9.17) is 4.74 Å². The topological polar surface area (TPSA) is 56.5 Å². The number of pyridine rings is 1. The van der Waals surface area contributed by atoms with Gasteiger partial charge >= 0.3 is 5.97 Å². The van der Waals surface area contributed by atoms with Gasteiger partial charge in [0, 0.05) is 6.20 Å². The number of carbonyl (C=O) groups excluding carboxylic acids is 1. The summed E-state index contributed by atoms with van der Waals surface area (Å²) in [7, 11) is 0. The molecule has 3 rings (SSSR count). The second-order valence-electron chi connectivity index (χ2n) is 5.82. The summed E-state index contributed by atoms with van der Waals surface area (Å²) in [5.41, 5.74) is 1.29. The fraction of sp³-hybridized carbons (Fsp3) is 0.562. The number of hydrogen-bond donors (Lipinski definition) is 0. The zero-order chi connectivity index (χ0) is 14.9. The normalized spacial score (nSPS) is 17.8. The molecule has 0 unspecified atom stereocenters. The fourth-order valence-corrected chi connectivity index (χ4v) is 3.26. The lowest BCUT2D eigenvalue weighted by Crippen LogP contribution is -2.41. The molecule has 1 fully saturated rings. The van der Waals surface area contributed by atoms with E-state index in [1.165, 1.54) is 0 Å². The van der Waals surface area contributed by atoms with Gasteiger partial charge in [0.2, 0.25) is 0 Å². The minimum atomic E-state index is -0.636. The van der Waals surface area contributed by atoms with E-state index >= 15 is 0 Å². The summed E-state index contributed by atoms with van der Waals surface area (Å²) in [4.78, 5) is 12.6. The molecule has 0 aromatic carbocycles. The quantitative estimate of drug-likeness (QED) is 0.815. The molecule has 5 heteroatoms. The third kappa shape index (κ3) is 2.30. The molecule has 2 heterocycles. The van der Waals surface area contributed by atoms with E-state index in [-0.39, 0.29) is 5.97 Å². The van der Waals surface area contributed by atoms with Crippen LogP contribution in [0.2, 0.25) is 0 Å². The summed E-state index contributed by atoms with van der Waals surface area (Å²) in [5, 5.41) is 8.60. The summed E-state index contributed by atoms with van der Waals surface area (Å²) >= 11 is 0. The average Bonchev–Trinajstić information content (AvgIpc) is 2.91. The highest BCUT2D eigenvalue weighted by Gasteiger charge is 2.46. The van der Waals surface area contributed by atoms with Gasteiger partial charge in [-0.2, -0.15) is 0 Å². The third-order valence-corrected chi connectivity index (χ3v) is 4.37. The summed E-state index contributed by atoms with van der Waals surface area (Å²) in [6, 6.07) is 4.00. The molecule has 2 aromatic heterocycles. The molecule has 0 N–H and O–H groups in total. The number of aryl methyl sites for hydroxylation is 1. The molecule has 0 bridgehead atoms. The number of nitrogens with zero attached hydrogens (tertiary/aromatic N) is 3. The molecule has 0 spiro atoms. The van der Waals surface area contributed by atoms with Crippen LogP contribution in [0.1, 0.15) is 50.4 Å². The standard InChI is InChI=1S/C16H21N3O2/c1-3-21-15(20)16(8-5-4-6-9-16)14-18-17-13-11-12(2)7-10-19(13)14/h7,10-11H,3-6,8-9H2,1-2H3. The number of aromatic nitrogens is 3. The smallest absolute Gasteiger partial charge is 0.319 e. The maximum Gasteiger partial charge on any atom is 0.319 e. The van der Waals surface area contributed by atoms with Crippen molar-refractivity contribution in [2.45, 2.75) is 51.4 Å². The van der Waals surface area contributed by atoms with Gasteiger partial charge in [-0.05, 0) is 44.4 Å². The Kier molecular flexibility index (Phi) is 3.66. The predicted molar refractivity (Wildman–Crippen MR) is 79.1 cm³/mol. The average molecular weight is 287 g/mol. The van der Waals surface area contributed by atoms with Gasteiger partial charge in [-0.1, -0.05) is 19.3 Å². The second kappa shape index (κ2) is 5.47. The van der Waals surface area contributed by atoms with Gasteiger partial charge < -0.3 is 4.74 Å². The van der Waals surface area contributed by atoms with E-state index in [2.05, 4.69) is 10.2 Å². The van der Waals surface area contributed by atoms with Crippen molar-refractivity contribution in [1.29, 1.82) is 0 Å². The minimum Gasteiger partial charge on any atom is -0.465 e. The van der Waals surface area contributed by atoms with Crippen molar-refractivity contribution in [3.8, 4) is 0 Å². The largest absolute Gasteiger partial charge is 0.465 e. The Balaban J connectivity index is 2.12. The molecule has 1 saturated carbocycles. The lowest BCUT2D eigenvalue weighted by Gasteiger charge is -2.33. The number of ether oxygens (including phenoxy) is 1. The highest BCUT2D eigenvalue weighted by molar-refractivity contribution is 5.82. The molecule has 0 saturated heterocycles. The maximum absolute atomic E-state index is 12.6. The Morgan fingerprint density at radius 2 is 2.10 bits per heavy atom. The molecule has 0 radical (unpaired) electrons. The van der Waals surface area contributed by atoms with Crippen LogP contribution in [0.5, 0.6) is 0 Å². The van der Waals surface area contributed by atoms with E-state index in [0.29, 0.717) is 6.61 Å². The van der Waals surface area contributed by atoms with Crippen LogP contribution in [0.15, 0.2) is 18.3 Å². The molecule has 2 aromatic rings. The molecule has 0 amide bonds. The number of esters is 1. The first-order valence-electron chi connectivity index (χ1n) is 7.66. The maximum atomic E-state index is 12.6. The van der Waals surface area contributed by atoms with Crippen LogP contribution in [-0.2, 0) is 14.9 Å². The van der Waals surface area contributed by atoms with Crippen molar-refractivity contribution in [2.75, 3.05) is 6.61 Å². The van der Waals surface area contributed by atoms with Crippen molar-refractivity contribution >= 4 is 11.6 Å². The zero-order valence-electron chi connectivity index (χ0n) is 12.6. The van der Waals surface area contributed by atoms with Crippen molar-refractivity contribution in [2.24, 2.45) is 0 Å². The number of carbonyl (C=O) groups is 1. The van der Waals surface area contributed by atoms with Crippen LogP contribution in [0.4, 0.5) is 0 Å². The molecule has 0 aliphatic heterocycles. The van der Waals surface area contributed by atoms with Crippen molar-refractivity contribution < 1.29 is 9.53 Å². The van der Waals surface area contributed by atoms with Gasteiger partial charge in [0.25, 0.3) is 0 Å². The SMILES string of the molecule is CCOC(=O)C1(c2nnc3cc(C)ccn23)CCCCC1. The highest BCUT2D eigenvalue weighted by Crippen LogP contribution is 2.39. The number of rotatable bonds is 3. The molecular weight excluding hydrogens is 266 g/mol. The van der Waals surface area contributed by atoms with Gasteiger partial charge in [-0.25, -0.2) is 0 Å². The van der Waals surface area contributed by atoms with Crippen LogP contribution in [-0.4, -0.2) is 27.2 Å². The Bertz CT molecular complexity index is 657. The number of fused-ring (bicyclic) bond motifs is 1. The van der Waals surface area contributed by atoms with E-state index < -0.39 is 5.41 Å². The molecule has 0 atom stereocenters. The molecule has 5 nitrogen and oxygen atoms in total. The van der Waals surface area contributed by atoms with Gasteiger partial charge in [-0.3, -0.25) is 9.20 Å². The summed E-state index contributed by atoms with van der Waals surface area (Å²) in [5.74, 6) is 0.579. The minimum absolute atomic E-state index is 0.153. The van der Waals surface area contributed by atoms with E-state index in [1.807, 2.05) is 36.6 Å². The van der Waals surface area contributed by atoms with Crippen LogP contribution in [0, 0.1) is 6.92 Å².